The second-order valence-electron chi connectivity index (χ2n) is 8.57. The van der Waals surface area contributed by atoms with Gasteiger partial charge in [0.2, 0.25) is 10.0 Å². The first kappa shape index (κ1) is 24.7. The summed E-state index contributed by atoms with van der Waals surface area (Å²) in [7, 11) is -2.39. The molecule has 1 heterocycles. The van der Waals surface area contributed by atoms with Crippen LogP contribution in [-0.2, 0) is 10.0 Å². The minimum absolute atomic E-state index is 0.0560. The number of ether oxygens (including phenoxy) is 1. The molecule has 0 aromatic heterocycles. The fraction of sp³-hybridized carbons (Fsp3) is 0.269. The van der Waals surface area contributed by atoms with Crippen molar-refractivity contribution in [1.29, 1.82) is 0 Å². The summed E-state index contributed by atoms with van der Waals surface area (Å²) in [4.78, 5) is 14.8. The number of sulfonamides is 1. The molecule has 1 N–H and O–H groups in total. The van der Waals surface area contributed by atoms with Gasteiger partial charge < -0.3 is 15.0 Å². The summed E-state index contributed by atoms with van der Waals surface area (Å²) >= 11 is 0. The van der Waals surface area contributed by atoms with E-state index in [9.17, 15) is 17.6 Å². The fourth-order valence-corrected chi connectivity index (χ4v) is 5.66. The van der Waals surface area contributed by atoms with Crippen LogP contribution in [0.4, 0.5) is 15.8 Å². The highest BCUT2D eigenvalue weighted by Crippen LogP contribution is 2.26. The summed E-state index contributed by atoms with van der Waals surface area (Å²) in [5.41, 5.74) is 2.29. The second kappa shape index (κ2) is 10.1. The Balaban J connectivity index is 1.51. The fourth-order valence-electron chi connectivity index (χ4n) is 4.12. The van der Waals surface area contributed by atoms with Crippen molar-refractivity contribution in [3.05, 3.63) is 83.7 Å². The van der Waals surface area contributed by atoms with Gasteiger partial charge in [0.25, 0.3) is 5.91 Å². The Kier molecular flexibility index (Phi) is 7.09. The molecule has 4 rings (SSSR count). The number of benzene rings is 3. The maximum Gasteiger partial charge on any atom is 0.258 e. The molecule has 9 heteroatoms. The van der Waals surface area contributed by atoms with Crippen LogP contribution in [-0.4, -0.2) is 51.4 Å². The first-order chi connectivity index (χ1) is 16.7. The van der Waals surface area contributed by atoms with Gasteiger partial charge in [-0.3, -0.25) is 4.79 Å². The van der Waals surface area contributed by atoms with Crippen LogP contribution < -0.4 is 15.0 Å². The molecule has 0 bridgehead atoms. The molecule has 0 aliphatic carbocycles. The van der Waals surface area contributed by atoms with Crippen molar-refractivity contribution >= 4 is 27.3 Å². The van der Waals surface area contributed by atoms with Crippen LogP contribution in [0, 0.1) is 12.7 Å². The number of halogens is 1. The number of amides is 1. The van der Waals surface area contributed by atoms with Gasteiger partial charge in [-0.05, 0) is 68.4 Å². The van der Waals surface area contributed by atoms with Crippen molar-refractivity contribution in [1.82, 2.24) is 4.31 Å². The Morgan fingerprint density at radius 3 is 2.34 bits per heavy atom. The summed E-state index contributed by atoms with van der Waals surface area (Å²) in [5, 5.41) is 2.59. The number of aryl methyl sites for hydroxylation is 1. The number of hydrogen-bond acceptors (Lipinski definition) is 5. The Labute approximate surface area is 205 Å². The Bertz CT molecular complexity index is 1310. The number of carbonyl (C=O) groups excluding carboxylic acids is 1. The van der Waals surface area contributed by atoms with Crippen molar-refractivity contribution in [3.8, 4) is 5.75 Å². The third-order valence-electron chi connectivity index (χ3n) is 6.12. The normalized spacial score (nSPS) is 16.7. The summed E-state index contributed by atoms with van der Waals surface area (Å²) in [6, 6.07) is 17.9. The van der Waals surface area contributed by atoms with E-state index in [4.69, 9.17) is 4.74 Å². The van der Waals surface area contributed by atoms with Gasteiger partial charge in [-0.2, -0.15) is 4.31 Å². The third-order valence-corrected chi connectivity index (χ3v) is 7.99. The van der Waals surface area contributed by atoms with Crippen molar-refractivity contribution in [2.24, 2.45) is 0 Å². The summed E-state index contributed by atoms with van der Waals surface area (Å²) in [6.45, 7) is 5.08. The molecule has 1 aliphatic rings. The lowest BCUT2D eigenvalue weighted by Crippen LogP contribution is -2.53. The Hall–Kier alpha value is -3.43. The highest BCUT2D eigenvalue weighted by atomic mass is 32.2. The summed E-state index contributed by atoms with van der Waals surface area (Å²) in [5.74, 6) is -0.922. The van der Waals surface area contributed by atoms with E-state index in [-0.39, 0.29) is 29.6 Å². The van der Waals surface area contributed by atoms with Crippen molar-refractivity contribution < 1.29 is 22.3 Å². The first-order valence-corrected chi connectivity index (χ1v) is 12.7. The maximum absolute atomic E-state index is 14.5. The monoisotopic (exact) mass is 497 g/mol. The van der Waals surface area contributed by atoms with Crippen LogP contribution in [0.2, 0.25) is 0 Å². The number of nitrogens with one attached hydrogen (secondary N) is 1. The van der Waals surface area contributed by atoms with E-state index < -0.39 is 21.7 Å². The number of anilines is 2. The van der Waals surface area contributed by atoms with Crippen LogP contribution >= 0.6 is 0 Å². The predicted octanol–water partition coefficient (Wildman–Crippen LogP) is 4.29. The zero-order valence-electron chi connectivity index (χ0n) is 19.9. The molecule has 1 atom stereocenters. The lowest BCUT2D eigenvalue weighted by atomic mass is 10.1. The third kappa shape index (κ3) is 5.31. The minimum Gasteiger partial charge on any atom is -0.497 e. The van der Waals surface area contributed by atoms with E-state index in [0.29, 0.717) is 18.0 Å². The number of rotatable bonds is 6. The van der Waals surface area contributed by atoms with Crippen LogP contribution in [0.15, 0.2) is 71.6 Å². The van der Waals surface area contributed by atoms with Gasteiger partial charge in [-0.15, -0.1) is 0 Å². The largest absolute Gasteiger partial charge is 0.497 e. The molecule has 1 saturated heterocycles. The molecular formula is C26H28FN3O4S. The van der Waals surface area contributed by atoms with Crippen LogP contribution in [0.25, 0.3) is 0 Å². The Morgan fingerprint density at radius 1 is 1.03 bits per heavy atom. The molecule has 0 spiro atoms. The van der Waals surface area contributed by atoms with Gasteiger partial charge >= 0.3 is 0 Å². The lowest BCUT2D eigenvalue weighted by Gasteiger charge is -2.40. The van der Waals surface area contributed by atoms with E-state index in [2.05, 4.69) is 10.2 Å². The predicted molar refractivity (Wildman–Crippen MR) is 134 cm³/mol. The summed E-state index contributed by atoms with van der Waals surface area (Å²) in [6.07, 6.45) is 0. The molecule has 35 heavy (non-hydrogen) atoms. The van der Waals surface area contributed by atoms with Crippen molar-refractivity contribution in [3.63, 3.8) is 0 Å². The second-order valence-corrected chi connectivity index (χ2v) is 10.5. The molecule has 1 aliphatic heterocycles. The smallest absolute Gasteiger partial charge is 0.258 e. The average Bonchev–Trinajstić information content (AvgIpc) is 2.85. The quantitative estimate of drug-likeness (QED) is 0.550. The van der Waals surface area contributed by atoms with Gasteiger partial charge in [-0.25, -0.2) is 12.8 Å². The molecule has 1 fully saturated rings. The molecule has 0 saturated carbocycles. The van der Waals surface area contributed by atoms with E-state index >= 15 is 0 Å². The number of nitrogens with zero attached hydrogens (tertiary/aromatic N) is 2. The number of carbonyl (C=O) groups is 1. The minimum atomic E-state index is -3.92. The molecule has 3 aromatic rings. The van der Waals surface area contributed by atoms with E-state index in [1.54, 1.807) is 24.3 Å². The van der Waals surface area contributed by atoms with E-state index in [0.717, 1.165) is 23.4 Å². The number of methoxy groups -OCH3 is 1. The topological polar surface area (TPSA) is 78.9 Å². The first-order valence-electron chi connectivity index (χ1n) is 11.3. The molecule has 0 unspecified atom stereocenters. The van der Waals surface area contributed by atoms with Gasteiger partial charge in [-0.1, -0.05) is 17.7 Å². The molecule has 3 aromatic carbocycles. The lowest BCUT2D eigenvalue weighted by molar-refractivity contribution is 0.102. The maximum atomic E-state index is 14.5. The van der Waals surface area contributed by atoms with E-state index in [1.807, 2.05) is 38.1 Å². The molecule has 0 radical (unpaired) electrons. The average molecular weight is 498 g/mol. The SMILES string of the molecule is COc1ccc(NC(=O)c2cc(S(=O)(=O)N3CCN(c4ccc(C)cc4)[C@@H](C)C3)ccc2F)cc1. The zero-order chi connectivity index (χ0) is 25.2. The number of piperazine rings is 1. The van der Waals surface area contributed by atoms with E-state index in [1.165, 1.54) is 17.5 Å². The van der Waals surface area contributed by atoms with Gasteiger partial charge in [0.05, 0.1) is 17.6 Å². The van der Waals surface area contributed by atoms with Gasteiger partial charge in [0, 0.05) is 37.1 Å². The highest BCUT2D eigenvalue weighted by Gasteiger charge is 2.33. The van der Waals surface area contributed by atoms with Crippen LogP contribution in [0.1, 0.15) is 22.8 Å². The molecule has 7 nitrogen and oxygen atoms in total. The highest BCUT2D eigenvalue weighted by molar-refractivity contribution is 7.89. The van der Waals surface area contributed by atoms with Crippen molar-refractivity contribution in [2.75, 3.05) is 37.0 Å². The summed E-state index contributed by atoms with van der Waals surface area (Å²) < 4.78 is 47.7. The van der Waals surface area contributed by atoms with Crippen LogP contribution in [0.5, 0.6) is 5.75 Å². The standard InChI is InChI=1S/C26H28FN3O4S/c1-18-4-8-21(9-5-18)30-15-14-29(17-19(30)2)35(32,33)23-12-13-25(27)24(16-23)26(31)28-20-6-10-22(34-3)11-7-20/h4-13,16,19H,14-15,17H2,1-3H3,(H,28,31)/t19-/m0/s1. The molecular weight excluding hydrogens is 469 g/mol. The van der Waals surface area contributed by atoms with Crippen LogP contribution in [0.3, 0.4) is 0 Å². The van der Waals surface area contributed by atoms with Crippen molar-refractivity contribution in [2.45, 2.75) is 24.8 Å². The van der Waals surface area contributed by atoms with Gasteiger partial charge in [0.1, 0.15) is 11.6 Å². The zero-order valence-corrected chi connectivity index (χ0v) is 20.7. The van der Waals surface area contributed by atoms with Gasteiger partial charge in [0.15, 0.2) is 0 Å². The Morgan fingerprint density at radius 2 is 1.71 bits per heavy atom. The number of hydrogen-bond donors (Lipinski definition) is 1. The molecule has 184 valence electrons. The molecule has 1 amide bonds.